The molecule has 104 valence electrons. The molecule has 4 nitrogen and oxygen atoms in total. The summed E-state index contributed by atoms with van der Waals surface area (Å²) in [5.74, 6) is 0.165. The lowest BCUT2D eigenvalue weighted by molar-refractivity contribution is -0.116. The molecular formula is C14H18ClNO3. The average Bonchev–Trinajstić information content (AvgIpc) is 2.40. The fraction of sp³-hybridized carbons (Fsp3) is 0.429. The van der Waals surface area contributed by atoms with Crippen molar-refractivity contribution in [3.63, 3.8) is 0 Å². The minimum absolute atomic E-state index is 0.0472. The first kappa shape index (κ1) is 15.5. The van der Waals surface area contributed by atoms with Gasteiger partial charge in [-0.1, -0.05) is 0 Å². The second-order valence-electron chi connectivity index (χ2n) is 3.99. The van der Waals surface area contributed by atoms with E-state index in [1.54, 1.807) is 31.2 Å². The van der Waals surface area contributed by atoms with Gasteiger partial charge in [0.15, 0.2) is 0 Å². The lowest BCUT2D eigenvalue weighted by atomic mass is 10.2. The highest BCUT2D eigenvalue weighted by Crippen LogP contribution is 2.11. The first-order valence-corrected chi connectivity index (χ1v) is 6.83. The van der Waals surface area contributed by atoms with E-state index in [1.807, 2.05) is 0 Å². The highest BCUT2D eigenvalue weighted by Gasteiger charge is 2.06. The van der Waals surface area contributed by atoms with Gasteiger partial charge in [-0.25, -0.2) is 4.79 Å². The third-order valence-electron chi connectivity index (χ3n) is 2.47. The van der Waals surface area contributed by atoms with Crippen LogP contribution in [0.2, 0.25) is 0 Å². The third-order valence-corrected chi connectivity index (χ3v) is 2.73. The van der Waals surface area contributed by atoms with E-state index in [9.17, 15) is 9.59 Å². The summed E-state index contributed by atoms with van der Waals surface area (Å²) in [6, 6.07) is 6.64. The van der Waals surface area contributed by atoms with Crippen molar-refractivity contribution in [2.24, 2.45) is 0 Å². The van der Waals surface area contributed by atoms with Crippen molar-refractivity contribution in [3.8, 4) is 0 Å². The van der Waals surface area contributed by atoms with Crippen molar-refractivity contribution >= 4 is 29.2 Å². The largest absolute Gasteiger partial charge is 0.462 e. The van der Waals surface area contributed by atoms with Crippen LogP contribution in [0.1, 0.15) is 36.5 Å². The molecule has 0 aliphatic rings. The molecular weight excluding hydrogens is 266 g/mol. The van der Waals surface area contributed by atoms with E-state index in [0.29, 0.717) is 30.2 Å². The summed E-state index contributed by atoms with van der Waals surface area (Å²) in [5, 5.41) is 2.76. The molecule has 0 fully saturated rings. The van der Waals surface area contributed by atoms with E-state index in [-0.39, 0.29) is 11.9 Å². The molecule has 0 aromatic heterocycles. The van der Waals surface area contributed by atoms with E-state index in [1.165, 1.54) is 0 Å². The van der Waals surface area contributed by atoms with Crippen LogP contribution < -0.4 is 5.32 Å². The van der Waals surface area contributed by atoms with Crippen LogP contribution in [-0.4, -0.2) is 24.4 Å². The summed E-state index contributed by atoms with van der Waals surface area (Å²) in [6.07, 6.45) is 2.05. The number of unbranched alkanes of at least 4 members (excludes halogenated alkanes) is 1. The number of hydrogen-bond donors (Lipinski definition) is 1. The quantitative estimate of drug-likeness (QED) is 0.475. The predicted octanol–water partition coefficient (Wildman–Crippen LogP) is 3.21. The summed E-state index contributed by atoms with van der Waals surface area (Å²) < 4.78 is 4.88. The van der Waals surface area contributed by atoms with E-state index in [0.717, 1.165) is 12.8 Å². The Morgan fingerprint density at radius 3 is 2.47 bits per heavy atom. The molecule has 0 spiro atoms. The molecule has 1 aromatic rings. The van der Waals surface area contributed by atoms with Gasteiger partial charge < -0.3 is 10.1 Å². The lowest BCUT2D eigenvalue weighted by Gasteiger charge is -2.06. The van der Waals surface area contributed by atoms with Gasteiger partial charge in [0.1, 0.15) is 0 Å². The minimum Gasteiger partial charge on any atom is -0.462 e. The minimum atomic E-state index is -0.359. The van der Waals surface area contributed by atoms with Gasteiger partial charge in [-0.3, -0.25) is 4.79 Å². The summed E-state index contributed by atoms with van der Waals surface area (Å²) in [7, 11) is 0. The molecule has 0 unspecified atom stereocenters. The maximum atomic E-state index is 11.6. The first-order chi connectivity index (χ1) is 9.17. The smallest absolute Gasteiger partial charge is 0.338 e. The van der Waals surface area contributed by atoms with Crippen molar-refractivity contribution in [1.82, 2.24) is 0 Å². The number of amides is 1. The SMILES string of the molecule is CCOC(=O)c1ccc(NC(=O)CCCCCl)cc1. The van der Waals surface area contributed by atoms with Crippen molar-refractivity contribution in [2.75, 3.05) is 17.8 Å². The average molecular weight is 284 g/mol. The number of nitrogens with one attached hydrogen (secondary N) is 1. The summed E-state index contributed by atoms with van der Waals surface area (Å²) >= 11 is 5.54. The van der Waals surface area contributed by atoms with Gasteiger partial charge in [0, 0.05) is 18.0 Å². The van der Waals surface area contributed by atoms with Gasteiger partial charge in [0.25, 0.3) is 0 Å². The molecule has 0 saturated heterocycles. The Labute approximate surface area is 118 Å². The zero-order valence-electron chi connectivity index (χ0n) is 10.9. The van der Waals surface area contributed by atoms with Crippen LogP contribution in [0.3, 0.4) is 0 Å². The Hall–Kier alpha value is -1.55. The number of halogens is 1. The molecule has 1 aromatic carbocycles. The molecule has 1 amide bonds. The summed E-state index contributed by atoms with van der Waals surface area (Å²) in [4.78, 5) is 23.0. The molecule has 0 radical (unpaired) electrons. The zero-order valence-corrected chi connectivity index (χ0v) is 11.7. The molecule has 0 aliphatic heterocycles. The normalized spacial score (nSPS) is 10.0. The molecule has 0 bridgehead atoms. The number of ether oxygens (including phenoxy) is 1. The Kier molecular flexibility index (Phi) is 6.97. The number of rotatable bonds is 7. The highest BCUT2D eigenvalue weighted by molar-refractivity contribution is 6.17. The highest BCUT2D eigenvalue weighted by atomic mass is 35.5. The van der Waals surface area contributed by atoms with Crippen LogP contribution in [0.25, 0.3) is 0 Å². The standard InChI is InChI=1S/C14H18ClNO3/c1-2-19-14(18)11-6-8-12(9-7-11)16-13(17)5-3-4-10-15/h6-9H,2-5,10H2,1H3,(H,16,17). The molecule has 0 atom stereocenters. The van der Waals surface area contributed by atoms with Crippen LogP contribution in [0.4, 0.5) is 5.69 Å². The van der Waals surface area contributed by atoms with Crippen LogP contribution in [-0.2, 0) is 9.53 Å². The van der Waals surface area contributed by atoms with Gasteiger partial charge in [-0.15, -0.1) is 11.6 Å². The van der Waals surface area contributed by atoms with Gasteiger partial charge >= 0.3 is 5.97 Å². The number of carbonyl (C=O) groups is 2. The molecule has 5 heteroatoms. The summed E-state index contributed by atoms with van der Waals surface area (Å²) in [5.41, 5.74) is 1.14. The number of anilines is 1. The fourth-order valence-electron chi connectivity index (χ4n) is 1.51. The van der Waals surface area contributed by atoms with E-state index in [2.05, 4.69) is 5.32 Å². The fourth-order valence-corrected chi connectivity index (χ4v) is 1.70. The van der Waals surface area contributed by atoms with Gasteiger partial charge in [-0.05, 0) is 44.0 Å². The number of hydrogen-bond acceptors (Lipinski definition) is 3. The van der Waals surface area contributed by atoms with Crippen molar-refractivity contribution < 1.29 is 14.3 Å². The van der Waals surface area contributed by atoms with E-state index < -0.39 is 0 Å². The van der Waals surface area contributed by atoms with E-state index in [4.69, 9.17) is 16.3 Å². The molecule has 1 N–H and O–H groups in total. The maximum Gasteiger partial charge on any atom is 0.338 e. The van der Waals surface area contributed by atoms with Crippen LogP contribution in [0.5, 0.6) is 0 Å². The number of benzene rings is 1. The topological polar surface area (TPSA) is 55.4 Å². The van der Waals surface area contributed by atoms with Gasteiger partial charge in [0.05, 0.1) is 12.2 Å². The van der Waals surface area contributed by atoms with Gasteiger partial charge in [0.2, 0.25) is 5.91 Å². The number of esters is 1. The molecule has 0 heterocycles. The second-order valence-corrected chi connectivity index (χ2v) is 4.37. The van der Waals surface area contributed by atoms with Crippen molar-refractivity contribution in [3.05, 3.63) is 29.8 Å². The number of carbonyl (C=O) groups excluding carboxylic acids is 2. The predicted molar refractivity (Wildman–Crippen MR) is 75.6 cm³/mol. The van der Waals surface area contributed by atoms with E-state index >= 15 is 0 Å². The molecule has 0 aliphatic carbocycles. The maximum absolute atomic E-state index is 11.6. The van der Waals surface area contributed by atoms with Crippen LogP contribution >= 0.6 is 11.6 Å². The zero-order chi connectivity index (χ0) is 14.1. The van der Waals surface area contributed by atoms with Crippen LogP contribution in [0.15, 0.2) is 24.3 Å². The Morgan fingerprint density at radius 1 is 1.21 bits per heavy atom. The molecule has 19 heavy (non-hydrogen) atoms. The number of alkyl halides is 1. The first-order valence-electron chi connectivity index (χ1n) is 6.30. The lowest BCUT2D eigenvalue weighted by Crippen LogP contribution is -2.11. The van der Waals surface area contributed by atoms with Crippen molar-refractivity contribution in [1.29, 1.82) is 0 Å². The van der Waals surface area contributed by atoms with Crippen molar-refractivity contribution in [2.45, 2.75) is 26.2 Å². The monoisotopic (exact) mass is 283 g/mol. The Morgan fingerprint density at radius 2 is 1.89 bits per heavy atom. The third kappa shape index (κ3) is 5.75. The second kappa shape index (κ2) is 8.53. The summed E-state index contributed by atoms with van der Waals surface area (Å²) in [6.45, 7) is 2.10. The Balaban J connectivity index is 2.47. The van der Waals surface area contributed by atoms with Gasteiger partial charge in [-0.2, -0.15) is 0 Å². The molecule has 1 rings (SSSR count). The Bertz CT molecular complexity index is 417. The molecule has 0 saturated carbocycles. The van der Waals surface area contributed by atoms with Crippen LogP contribution in [0, 0.1) is 0 Å².